The van der Waals surface area contributed by atoms with Crippen LogP contribution in [0.4, 0.5) is 0 Å². The second-order valence-electron chi connectivity index (χ2n) is 4.01. The van der Waals surface area contributed by atoms with E-state index in [1.807, 2.05) is 12.1 Å². The first-order valence-electron chi connectivity index (χ1n) is 5.37. The van der Waals surface area contributed by atoms with Gasteiger partial charge in [0.1, 0.15) is 5.75 Å². The normalized spacial score (nSPS) is 15.4. The van der Waals surface area contributed by atoms with E-state index in [-0.39, 0.29) is 5.38 Å². The molecule has 2 aromatic rings. The summed E-state index contributed by atoms with van der Waals surface area (Å²) in [5.74, 6) is 1.00. The van der Waals surface area contributed by atoms with Crippen LogP contribution in [0.2, 0.25) is 0 Å². The van der Waals surface area contributed by atoms with Crippen LogP contribution in [-0.4, -0.2) is 6.61 Å². The summed E-state index contributed by atoms with van der Waals surface area (Å²) in [7, 11) is 0. The molecule has 1 aliphatic heterocycles. The van der Waals surface area contributed by atoms with Gasteiger partial charge in [0.25, 0.3) is 0 Å². The minimum Gasteiger partial charge on any atom is -0.493 e. The van der Waals surface area contributed by atoms with E-state index in [1.54, 1.807) is 11.3 Å². The first-order valence-corrected chi connectivity index (χ1v) is 7.48. The van der Waals surface area contributed by atoms with E-state index < -0.39 is 0 Å². The van der Waals surface area contributed by atoms with Crippen molar-refractivity contribution in [1.82, 2.24) is 0 Å². The molecule has 2 heterocycles. The second kappa shape index (κ2) is 4.63. The van der Waals surface area contributed by atoms with Crippen LogP contribution in [0, 0.1) is 0 Å². The highest BCUT2D eigenvalue weighted by atomic mass is 79.9. The van der Waals surface area contributed by atoms with Crippen LogP contribution < -0.4 is 4.74 Å². The fourth-order valence-electron chi connectivity index (χ4n) is 2.01. The summed E-state index contributed by atoms with van der Waals surface area (Å²) in [5.41, 5.74) is 3.55. The summed E-state index contributed by atoms with van der Waals surface area (Å²) in [4.78, 5) is 0. The zero-order valence-corrected chi connectivity index (χ0v) is 12.1. The molecule has 88 valence electrons. The lowest BCUT2D eigenvalue weighted by molar-refractivity contribution is 0.357. The standard InChI is InChI=1S/C13H10BrClOS/c14-12-6-10(7-17-12)13(15)9-1-2-11-8(5-9)3-4-16-11/h1-2,5-7,13H,3-4H2. The third-order valence-corrected chi connectivity index (χ3v) is 4.91. The zero-order valence-electron chi connectivity index (χ0n) is 8.95. The average molecular weight is 330 g/mol. The average Bonchev–Trinajstić information content (AvgIpc) is 2.95. The van der Waals surface area contributed by atoms with Crippen molar-refractivity contribution in [3.05, 3.63) is 50.1 Å². The molecule has 1 nitrogen and oxygen atoms in total. The van der Waals surface area contributed by atoms with Gasteiger partial charge in [-0.05, 0) is 50.1 Å². The Bertz CT molecular complexity index is 552. The van der Waals surface area contributed by atoms with Crippen molar-refractivity contribution in [3.8, 4) is 5.75 Å². The van der Waals surface area contributed by atoms with E-state index in [2.05, 4.69) is 33.4 Å². The van der Waals surface area contributed by atoms with Crippen molar-refractivity contribution in [1.29, 1.82) is 0 Å². The van der Waals surface area contributed by atoms with Gasteiger partial charge in [-0.2, -0.15) is 0 Å². The van der Waals surface area contributed by atoms with Gasteiger partial charge in [0.15, 0.2) is 0 Å². The number of rotatable bonds is 2. The highest BCUT2D eigenvalue weighted by Crippen LogP contribution is 2.36. The Morgan fingerprint density at radius 3 is 2.94 bits per heavy atom. The van der Waals surface area contributed by atoms with Gasteiger partial charge in [-0.15, -0.1) is 22.9 Å². The molecule has 17 heavy (non-hydrogen) atoms. The Morgan fingerprint density at radius 2 is 2.18 bits per heavy atom. The van der Waals surface area contributed by atoms with Gasteiger partial charge in [-0.1, -0.05) is 12.1 Å². The Balaban J connectivity index is 1.94. The summed E-state index contributed by atoms with van der Waals surface area (Å²) >= 11 is 11.6. The number of benzene rings is 1. The van der Waals surface area contributed by atoms with E-state index in [9.17, 15) is 0 Å². The van der Waals surface area contributed by atoms with Crippen molar-refractivity contribution in [2.24, 2.45) is 0 Å². The van der Waals surface area contributed by atoms with Gasteiger partial charge in [0.05, 0.1) is 15.8 Å². The van der Waals surface area contributed by atoms with Crippen molar-refractivity contribution < 1.29 is 4.74 Å². The minimum atomic E-state index is -0.0801. The number of ether oxygens (including phenoxy) is 1. The summed E-state index contributed by atoms with van der Waals surface area (Å²) < 4.78 is 6.61. The smallest absolute Gasteiger partial charge is 0.122 e. The first-order chi connectivity index (χ1) is 8.24. The Labute approximate surface area is 118 Å². The number of fused-ring (bicyclic) bond motifs is 1. The van der Waals surface area contributed by atoms with Crippen LogP contribution in [0.1, 0.15) is 22.1 Å². The molecule has 1 unspecified atom stereocenters. The van der Waals surface area contributed by atoms with Gasteiger partial charge < -0.3 is 4.74 Å². The maximum Gasteiger partial charge on any atom is 0.122 e. The van der Waals surface area contributed by atoms with E-state index in [0.717, 1.165) is 33.7 Å². The minimum absolute atomic E-state index is 0.0801. The molecule has 1 atom stereocenters. The fourth-order valence-corrected chi connectivity index (χ4v) is 3.55. The first kappa shape index (κ1) is 11.6. The maximum absolute atomic E-state index is 6.49. The third kappa shape index (κ3) is 2.24. The van der Waals surface area contributed by atoms with Gasteiger partial charge >= 0.3 is 0 Å². The van der Waals surface area contributed by atoms with Crippen molar-refractivity contribution in [2.45, 2.75) is 11.8 Å². The van der Waals surface area contributed by atoms with Crippen molar-refractivity contribution in [3.63, 3.8) is 0 Å². The predicted molar refractivity (Wildman–Crippen MR) is 75.4 cm³/mol. The zero-order chi connectivity index (χ0) is 11.8. The van der Waals surface area contributed by atoms with Gasteiger partial charge in [-0.25, -0.2) is 0 Å². The summed E-state index contributed by atoms with van der Waals surface area (Å²) in [6.07, 6.45) is 0.986. The lowest BCUT2D eigenvalue weighted by Gasteiger charge is -2.09. The predicted octanol–water partition coefficient (Wildman–Crippen LogP) is 4.77. The molecule has 0 bridgehead atoms. The third-order valence-electron chi connectivity index (χ3n) is 2.89. The number of hydrogen-bond acceptors (Lipinski definition) is 2. The molecule has 0 amide bonds. The molecule has 0 fully saturated rings. The van der Waals surface area contributed by atoms with E-state index >= 15 is 0 Å². The maximum atomic E-state index is 6.49. The van der Waals surface area contributed by atoms with Crippen LogP contribution in [-0.2, 0) is 6.42 Å². The molecule has 0 N–H and O–H groups in total. The van der Waals surface area contributed by atoms with Gasteiger partial charge in [-0.3, -0.25) is 0 Å². The van der Waals surface area contributed by atoms with Crippen molar-refractivity contribution >= 4 is 38.9 Å². The van der Waals surface area contributed by atoms with Gasteiger partial charge in [0.2, 0.25) is 0 Å². The Morgan fingerprint density at radius 1 is 1.29 bits per heavy atom. The molecule has 4 heteroatoms. The number of hydrogen-bond donors (Lipinski definition) is 0. The molecule has 1 aliphatic rings. The summed E-state index contributed by atoms with van der Waals surface area (Å²) in [6, 6.07) is 8.31. The van der Waals surface area contributed by atoms with E-state index in [0.29, 0.717) is 0 Å². The van der Waals surface area contributed by atoms with Crippen LogP contribution >= 0.6 is 38.9 Å². The second-order valence-corrected chi connectivity index (χ2v) is 6.74. The number of alkyl halides is 1. The summed E-state index contributed by atoms with van der Waals surface area (Å²) in [6.45, 7) is 0.787. The molecule has 1 aromatic heterocycles. The molecule has 0 aliphatic carbocycles. The quantitative estimate of drug-likeness (QED) is 0.721. The highest BCUT2D eigenvalue weighted by molar-refractivity contribution is 9.11. The Kier molecular flexibility index (Phi) is 3.16. The summed E-state index contributed by atoms with van der Waals surface area (Å²) in [5, 5.41) is 2.01. The van der Waals surface area contributed by atoms with E-state index in [4.69, 9.17) is 16.3 Å². The largest absolute Gasteiger partial charge is 0.493 e. The molecule has 0 radical (unpaired) electrons. The topological polar surface area (TPSA) is 9.23 Å². The molecular formula is C13H10BrClOS. The lowest BCUT2D eigenvalue weighted by atomic mass is 10.0. The molecule has 0 saturated carbocycles. The molecular weight excluding hydrogens is 320 g/mol. The monoisotopic (exact) mass is 328 g/mol. The van der Waals surface area contributed by atoms with E-state index in [1.165, 1.54) is 5.56 Å². The van der Waals surface area contributed by atoms with Crippen LogP contribution in [0.5, 0.6) is 5.75 Å². The van der Waals surface area contributed by atoms with Gasteiger partial charge in [0, 0.05) is 6.42 Å². The Hall–Kier alpha value is -0.510. The molecule has 0 spiro atoms. The van der Waals surface area contributed by atoms with Crippen LogP contribution in [0.3, 0.4) is 0 Å². The lowest BCUT2D eigenvalue weighted by Crippen LogP contribution is -1.92. The molecule has 1 aromatic carbocycles. The van der Waals surface area contributed by atoms with Crippen LogP contribution in [0.15, 0.2) is 33.4 Å². The molecule has 3 rings (SSSR count). The highest BCUT2D eigenvalue weighted by Gasteiger charge is 2.17. The van der Waals surface area contributed by atoms with Crippen LogP contribution in [0.25, 0.3) is 0 Å². The number of halogens is 2. The SMILES string of the molecule is ClC(c1csc(Br)c1)c1ccc2c(c1)CCO2. The number of thiophene rings is 1. The molecule has 0 saturated heterocycles. The van der Waals surface area contributed by atoms with Crippen molar-refractivity contribution in [2.75, 3.05) is 6.61 Å². The fraction of sp³-hybridized carbons (Fsp3) is 0.231.